The van der Waals surface area contributed by atoms with Crippen LogP contribution in [0.5, 0.6) is 0 Å². The first-order chi connectivity index (χ1) is 9.74. The van der Waals surface area contributed by atoms with Gasteiger partial charge in [0.05, 0.1) is 12.6 Å². The summed E-state index contributed by atoms with van der Waals surface area (Å²) in [4.78, 5) is 13.8. The molecule has 0 bridgehead atoms. The largest absolute Gasteiger partial charge is 0.456 e. The zero-order valence-corrected chi connectivity index (χ0v) is 11.6. The van der Waals surface area contributed by atoms with Gasteiger partial charge in [-0.3, -0.25) is 9.69 Å². The van der Waals surface area contributed by atoms with Gasteiger partial charge in [-0.25, -0.2) is 0 Å². The number of esters is 1. The predicted octanol–water partition coefficient (Wildman–Crippen LogP) is 1.74. The van der Waals surface area contributed by atoms with Gasteiger partial charge < -0.3 is 9.84 Å². The average molecular weight is 275 g/mol. The van der Waals surface area contributed by atoms with E-state index < -0.39 is 0 Å². The molecule has 0 unspecified atom stereocenters. The van der Waals surface area contributed by atoms with E-state index in [0.29, 0.717) is 13.0 Å². The predicted molar refractivity (Wildman–Crippen MR) is 77.0 cm³/mol. The molecule has 0 radical (unpaired) electrons. The van der Waals surface area contributed by atoms with Crippen LogP contribution in [0.15, 0.2) is 43.0 Å². The lowest BCUT2D eigenvalue weighted by atomic mass is 10.0. The van der Waals surface area contributed by atoms with Crippen molar-refractivity contribution in [3.8, 4) is 0 Å². The first kappa shape index (κ1) is 14.8. The number of ether oxygens (including phenoxy) is 1. The van der Waals surface area contributed by atoms with Gasteiger partial charge in [0, 0.05) is 13.2 Å². The second-order valence-corrected chi connectivity index (χ2v) is 5.01. The molecular weight excluding hydrogens is 254 g/mol. The lowest BCUT2D eigenvalue weighted by Gasteiger charge is -2.39. The van der Waals surface area contributed by atoms with Crippen molar-refractivity contribution in [2.24, 2.45) is 0 Å². The molecule has 4 heteroatoms. The molecule has 1 aliphatic heterocycles. The van der Waals surface area contributed by atoms with E-state index >= 15 is 0 Å². The van der Waals surface area contributed by atoms with Crippen molar-refractivity contribution in [1.29, 1.82) is 0 Å². The summed E-state index contributed by atoms with van der Waals surface area (Å²) in [5, 5.41) is 9.03. The zero-order chi connectivity index (χ0) is 14.4. The summed E-state index contributed by atoms with van der Waals surface area (Å²) in [5.74, 6) is -0.217. The topological polar surface area (TPSA) is 49.8 Å². The normalized spacial score (nSPS) is 23.4. The SMILES string of the molecule is C=C[C@@H]1OC(=O)CN(Cc2ccccc2)[C@H]1CCCO. The minimum atomic E-state index is -0.300. The number of aliphatic hydroxyl groups excluding tert-OH is 1. The van der Waals surface area contributed by atoms with E-state index in [4.69, 9.17) is 9.84 Å². The molecule has 2 atom stereocenters. The first-order valence-electron chi connectivity index (χ1n) is 6.95. The number of cyclic esters (lactones) is 1. The number of carbonyl (C=O) groups excluding carboxylic acids is 1. The summed E-state index contributed by atoms with van der Waals surface area (Å²) < 4.78 is 5.33. The van der Waals surface area contributed by atoms with Gasteiger partial charge >= 0.3 is 5.97 Å². The molecule has 0 aromatic heterocycles. The van der Waals surface area contributed by atoms with Gasteiger partial charge in [0.25, 0.3) is 0 Å². The van der Waals surface area contributed by atoms with E-state index in [2.05, 4.69) is 11.5 Å². The summed E-state index contributed by atoms with van der Waals surface area (Å²) in [6.07, 6.45) is 2.86. The Labute approximate surface area is 119 Å². The Balaban J connectivity index is 2.12. The second-order valence-electron chi connectivity index (χ2n) is 5.01. The standard InChI is InChI=1S/C16H21NO3/c1-2-15-14(9-6-10-18)17(12-16(19)20-15)11-13-7-4-3-5-8-13/h2-5,7-8,14-15,18H,1,6,9-12H2/t14-,15-/m0/s1. The molecule has 1 aliphatic rings. The van der Waals surface area contributed by atoms with Crippen LogP contribution in [0.2, 0.25) is 0 Å². The van der Waals surface area contributed by atoms with Crippen LogP contribution in [-0.4, -0.2) is 41.3 Å². The van der Waals surface area contributed by atoms with E-state index in [1.165, 1.54) is 5.56 Å². The molecule has 1 fully saturated rings. The van der Waals surface area contributed by atoms with Crippen molar-refractivity contribution in [2.45, 2.75) is 31.5 Å². The van der Waals surface area contributed by atoms with Gasteiger partial charge in [-0.15, -0.1) is 0 Å². The second kappa shape index (κ2) is 7.22. The highest BCUT2D eigenvalue weighted by atomic mass is 16.5. The molecule has 0 spiro atoms. The number of morpholine rings is 1. The van der Waals surface area contributed by atoms with E-state index in [1.807, 2.05) is 30.3 Å². The molecule has 0 aliphatic carbocycles. The number of nitrogens with zero attached hydrogens (tertiary/aromatic N) is 1. The number of rotatable bonds is 6. The van der Waals surface area contributed by atoms with Crippen LogP contribution in [0, 0.1) is 0 Å². The Kier molecular flexibility index (Phi) is 5.32. The quantitative estimate of drug-likeness (QED) is 0.634. The van der Waals surface area contributed by atoms with Crippen molar-refractivity contribution in [3.05, 3.63) is 48.6 Å². The van der Waals surface area contributed by atoms with Crippen LogP contribution >= 0.6 is 0 Å². The number of hydrogen-bond acceptors (Lipinski definition) is 4. The summed E-state index contributed by atoms with van der Waals surface area (Å²) in [6.45, 7) is 4.89. The molecule has 108 valence electrons. The Hall–Kier alpha value is -1.65. The zero-order valence-electron chi connectivity index (χ0n) is 11.6. The minimum absolute atomic E-state index is 0.0811. The maximum Gasteiger partial charge on any atom is 0.320 e. The van der Waals surface area contributed by atoms with Crippen LogP contribution in [0.3, 0.4) is 0 Å². The van der Waals surface area contributed by atoms with Crippen molar-refractivity contribution < 1.29 is 14.6 Å². The molecule has 20 heavy (non-hydrogen) atoms. The molecule has 1 saturated heterocycles. The van der Waals surface area contributed by atoms with Crippen LogP contribution in [0.4, 0.5) is 0 Å². The first-order valence-corrected chi connectivity index (χ1v) is 6.95. The van der Waals surface area contributed by atoms with Gasteiger partial charge in [0.15, 0.2) is 0 Å². The molecular formula is C16H21NO3. The molecule has 2 rings (SSSR count). The average Bonchev–Trinajstić information content (AvgIpc) is 2.46. The van der Waals surface area contributed by atoms with Crippen LogP contribution < -0.4 is 0 Å². The molecule has 0 saturated carbocycles. The summed E-state index contributed by atoms with van der Waals surface area (Å²) in [6, 6.07) is 10.1. The molecule has 0 amide bonds. The highest BCUT2D eigenvalue weighted by molar-refractivity contribution is 5.73. The third-order valence-corrected chi connectivity index (χ3v) is 3.57. The Morgan fingerprint density at radius 3 is 2.80 bits per heavy atom. The minimum Gasteiger partial charge on any atom is -0.456 e. The third-order valence-electron chi connectivity index (χ3n) is 3.57. The number of benzene rings is 1. The Morgan fingerprint density at radius 2 is 2.15 bits per heavy atom. The van der Waals surface area contributed by atoms with Crippen molar-refractivity contribution >= 4 is 5.97 Å². The fourth-order valence-corrected chi connectivity index (χ4v) is 2.60. The van der Waals surface area contributed by atoms with Gasteiger partial charge in [0.1, 0.15) is 6.10 Å². The lowest BCUT2D eigenvalue weighted by Crippen LogP contribution is -2.52. The Bertz CT molecular complexity index is 446. The Morgan fingerprint density at radius 1 is 1.40 bits per heavy atom. The van der Waals surface area contributed by atoms with Crippen molar-refractivity contribution in [2.75, 3.05) is 13.2 Å². The van der Waals surface area contributed by atoms with E-state index in [1.54, 1.807) is 6.08 Å². The molecule has 1 N–H and O–H groups in total. The fraction of sp³-hybridized carbons (Fsp3) is 0.438. The lowest BCUT2D eigenvalue weighted by molar-refractivity contribution is -0.161. The molecule has 1 aromatic carbocycles. The van der Waals surface area contributed by atoms with Gasteiger partial charge in [0.2, 0.25) is 0 Å². The highest BCUT2D eigenvalue weighted by Gasteiger charge is 2.34. The summed E-state index contributed by atoms with van der Waals surface area (Å²) >= 11 is 0. The highest BCUT2D eigenvalue weighted by Crippen LogP contribution is 2.22. The molecule has 4 nitrogen and oxygen atoms in total. The fourth-order valence-electron chi connectivity index (χ4n) is 2.60. The van der Waals surface area contributed by atoms with Gasteiger partial charge in [-0.05, 0) is 24.5 Å². The van der Waals surface area contributed by atoms with Gasteiger partial charge in [-0.1, -0.05) is 36.9 Å². The summed E-state index contributed by atoms with van der Waals surface area (Å²) in [7, 11) is 0. The van der Waals surface area contributed by atoms with Crippen LogP contribution in [-0.2, 0) is 16.1 Å². The molecule has 1 aromatic rings. The number of aliphatic hydroxyl groups is 1. The van der Waals surface area contributed by atoms with E-state index in [0.717, 1.165) is 6.42 Å². The maximum absolute atomic E-state index is 11.7. The monoisotopic (exact) mass is 275 g/mol. The number of carbonyl (C=O) groups is 1. The van der Waals surface area contributed by atoms with E-state index in [9.17, 15) is 4.79 Å². The van der Waals surface area contributed by atoms with Gasteiger partial charge in [-0.2, -0.15) is 0 Å². The van der Waals surface area contributed by atoms with Crippen LogP contribution in [0.25, 0.3) is 0 Å². The smallest absolute Gasteiger partial charge is 0.320 e. The third kappa shape index (κ3) is 3.68. The molecule has 1 heterocycles. The van der Waals surface area contributed by atoms with Crippen molar-refractivity contribution in [3.63, 3.8) is 0 Å². The summed E-state index contributed by atoms with van der Waals surface area (Å²) in [5.41, 5.74) is 1.17. The number of hydrogen-bond donors (Lipinski definition) is 1. The van der Waals surface area contributed by atoms with Crippen molar-refractivity contribution in [1.82, 2.24) is 4.90 Å². The van der Waals surface area contributed by atoms with E-state index in [-0.39, 0.29) is 31.3 Å². The maximum atomic E-state index is 11.7. The van der Waals surface area contributed by atoms with Crippen LogP contribution in [0.1, 0.15) is 18.4 Å².